The number of ether oxygens (including phenoxy) is 1. The lowest BCUT2D eigenvalue weighted by atomic mass is 9.88. The molecule has 3 heteroatoms. The summed E-state index contributed by atoms with van der Waals surface area (Å²) >= 11 is 0. The Bertz CT molecular complexity index is 198. The zero-order chi connectivity index (χ0) is 11.3. The largest absolute Gasteiger partial charge is 0.469 e. The van der Waals surface area contributed by atoms with Crippen molar-refractivity contribution in [2.45, 2.75) is 33.1 Å². The highest BCUT2D eigenvalue weighted by Crippen LogP contribution is 2.24. The van der Waals surface area contributed by atoms with Crippen LogP contribution in [0.1, 0.15) is 33.1 Å². The number of esters is 1. The molecule has 0 aliphatic carbocycles. The lowest BCUT2D eigenvalue weighted by Gasteiger charge is -2.31. The van der Waals surface area contributed by atoms with E-state index in [1.54, 1.807) is 0 Å². The van der Waals surface area contributed by atoms with Crippen molar-refractivity contribution in [3.63, 3.8) is 0 Å². The lowest BCUT2D eigenvalue weighted by Crippen LogP contribution is -2.34. The van der Waals surface area contributed by atoms with Crippen molar-refractivity contribution in [3.05, 3.63) is 0 Å². The first-order valence-electron chi connectivity index (χ1n) is 5.97. The van der Waals surface area contributed by atoms with Crippen LogP contribution in [-0.2, 0) is 9.53 Å². The van der Waals surface area contributed by atoms with E-state index in [0.717, 1.165) is 13.0 Å². The third kappa shape index (κ3) is 3.82. The topological polar surface area (TPSA) is 29.5 Å². The van der Waals surface area contributed by atoms with Gasteiger partial charge in [0.2, 0.25) is 0 Å². The maximum Gasteiger partial charge on any atom is 0.308 e. The Morgan fingerprint density at radius 2 is 2.07 bits per heavy atom. The van der Waals surface area contributed by atoms with Crippen LogP contribution >= 0.6 is 0 Å². The summed E-state index contributed by atoms with van der Waals surface area (Å²) in [4.78, 5) is 13.7. The number of nitrogens with zero attached hydrogens (tertiary/aromatic N) is 1. The molecule has 1 fully saturated rings. The molecule has 3 nitrogen and oxygen atoms in total. The molecule has 0 aromatic rings. The van der Waals surface area contributed by atoms with Gasteiger partial charge < -0.3 is 9.64 Å². The summed E-state index contributed by atoms with van der Waals surface area (Å²) in [6.45, 7) is 7.71. The minimum atomic E-state index is -0.0621. The van der Waals surface area contributed by atoms with Gasteiger partial charge in [-0.2, -0.15) is 0 Å². The van der Waals surface area contributed by atoms with Gasteiger partial charge in [-0.15, -0.1) is 0 Å². The first-order valence-corrected chi connectivity index (χ1v) is 5.97. The molecule has 0 spiro atoms. The van der Waals surface area contributed by atoms with Crippen LogP contribution in [0.25, 0.3) is 0 Å². The molecule has 88 valence electrons. The molecule has 0 N–H and O–H groups in total. The molecule has 1 aliphatic heterocycles. The fourth-order valence-electron chi connectivity index (χ4n) is 2.34. The molecule has 1 aliphatic rings. The number of piperidine rings is 1. The summed E-state index contributed by atoms with van der Waals surface area (Å²) in [5.74, 6) is 0.711. The fraction of sp³-hybridized carbons (Fsp3) is 0.917. The Morgan fingerprint density at radius 1 is 1.47 bits per heavy atom. The molecule has 1 unspecified atom stereocenters. The molecule has 1 rings (SSSR count). The molecule has 15 heavy (non-hydrogen) atoms. The standard InChI is InChI=1S/C12H23NO2/c1-4-13-7-5-11(6-8-13)9-10(2)12(14)15-3/h10-11H,4-9H2,1-3H3. The van der Waals surface area contributed by atoms with E-state index in [0.29, 0.717) is 5.92 Å². The van der Waals surface area contributed by atoms with Gasteiger partial charge >= 0.3 is 5.97 Å². The SMILES string of the molecule is CCN1CCC(CC(C)C(=O)OC)CC1. The van der Waals surface area contributed by atoms with Crippen LogP contribution in [0.5, 0.6) is 0 Å². The molecule has 0 saturated carbocycles. The lowest BCUT2D eigenvalue weighted by molar-refractivity contribution is -0.145. The van der Waals surface area contributed by atoms with Gasteiger partial charge in [-0.1, -0.05) is 13.8 Å². The third-order valence-electron chi connectivity index (χ3n) is 3.44. The van der Waals surface area contributed by atoms with E-state index in [-0.39, 0.29) is 11.9 Å². The van der Waals surface area contributed by atoms with Gasteiger partial charge in [-0.25, -0.2) is 0 Å². The second-order valence-electron chi connectivity index (χ2n) is 4.54. The van der Waals surface area contributed by atoms with Crippen molar-refractivity contribution < 1.29 is 9.53 Å². The first kappa shape index (κ1) is 12.5. The Kier molecular flexibility index (Phi) is 5.09. The van der Waals surface area contributed by atoms with Crippen molar-refractivity contribution in [1.82, 2.24) is 4.90 Å². The molecule has 0 aromatic carbocycles. The van der Waals surface area contributed by atoms with Crippen molar-refractivity contribution in [3.8, 4) is 0 Å². The summed E-state index contributed by atoms with van der Waals surface area (Å²) in [6.07, 6.45) is 3.45. The van der Waals surface area contributed by atoms with E-state index in [1.807, 2.05) is 6.92 Å². The zero-order valence-corrected chi connectivity index (χ0v) is 10.2. The minimum absolute atomic E-state index is 0.0621. The molecule has 0 amide bonds. The van der Waals surface area contributed by atoms with E-state index < -0.39 is 0 Å². The molecule has 0 radical (unpaired) electrons. The summed E-state index contributed by atoms with van der Waals surface area (Å²) in [6, 6.07) is 0. The molecule has 0 aromatic heterocycles. The van der Waals surface area contributed by atoms with Crippen LogP contribution in [-0.4, -0.2) is 37.6 Å². The van der Waals surface area contributed by atoms with Gasteiger partial charge in [0, 0.05) is 0 Å². The summed E-state index contributed by atoms with van der Waals surface area (Å²) in [5, 5.41) is 0. The van der Waals surface area contributed by atoms with Gasteiger partial charge in [0.15, 0.2) is 0 Å². The normalized spacial score (nSPS) is 21.3. The van der Waals surface area contributed by atoms with Crippen LogP contribution < -0.4 is 0 Å². The van der Waals surface area contributed by atoms with Crippen molar-refractivity contribution in [2.75, 3.05) is 26.7 Å². The Balaban J connectivity index is 2.26. The predicted octanol–water partition coefficient (Wildman–Crippen LogP) is 1.92. The number of carbonyl (C=O) groups excluding carboxylic acids is 1. The average molecular weight is 213 g/mol. The Hall–Kier alpha value is -0.570. The highest BCUT2D eigenvalue weighted by atomic mass is 16.5. The third-order valence-corrected chi connectivity index (χ3v) is 3.44. The van der Waals surface area contributed by atoms with E-state index in [2.05, 4.69) is 11.8 Å². The fourth-order valence-corrected chi connectivity index (χ4v) is 2.34. The van der Waals surface area contributed by atoms with Gasteiger partial charge in [0.25, 0.3) is 0 Å². The summed E-state index contributed by atoms with van der Waals surface area (Å²) in [5.41, 5.74) is 0. The van der Waals surface area contributed by atoms with E-state index in [9.17, 15) is 4.79 Å². The second-order valence-corrected chi connectivity index (χ2v) is 4.54. The number of carbonyl (C=O) groups is 1. The molecule has 1 atom stereocenters. The maximum atomic E-state index is 11.3. The van der Waals surface area contributed by atoms with E-state index in [1.165, 1.54) is 33.0 Å². The Morgan fingerprint density at radius 3 is 2.53 bits per heavy atom. The number of hydrogen-bond acceptors (Lipinski definition) is 3. The Labute approximate surface area is 92.8 Å². The quantitative estimate of drug-likeness (QED) is 0.668. The van der Waals surface area contributed by atoms with Crippen molar-refractivity contribution in [1.29, 1.82) is 0 Å². The molecule has 1 heterocycles. The number of likely N-dealkylation sites (tertiary alicyclic amines) is 1. The van der Waals surface area contributed by atoms with Gasteiger partial charge in [-0.05, 0) is 44.8 Å². The van der Waals surface area contributed by atoms with Crippen molar-refractivity contribution >= 4 is 5.97 Å². The summed E-state index contributed by atoms with van der Waals surface area (Å²) in [7, 11) is 1.47. The monoisotopic (exact) mass is 213 g/mol. The van der Waals surface area contributed by atoms with Gasteiger partial charge in [0.05, 0.1) is 13.0 Å². The molecule has 1 saturated heterocycles. The van der Waals surface area contributed by atoms with Crippen LogP contribution in [0, 0.1) is 11.8 Å². The van der Waals surface area contributed by atoms with Crippen molar-refractivity contribution in [2.24, 2.45) is 11.8 Å². The number of hydrogen-bond donors (Lipinski definition) is 0. The van der Waals surface area contributed by atoms with Gasteiger partial charge in [-0.3, -0.25) is 4.79 Å². The molecular formula is C12H23NO2. The molecule has 0 bridgehead atoms. The number of rotatable bonds is 4. The number of methoxy groups -OCH3 is 1. The summed E-state index contributed by atoms with van der Waals surface area (Å²) < 4.78 is 4.75. The van der Waals surface area contributed by atoms with Gasteiger partial charge in [0.1, 0.15) is 0 Å². The van der Waals surface area contributed by atoms with E-state index >= 15 is 0 Å². The highest BCUT2D eigenvalue weighted by molar-refractivity contribution is 5.71. The minimum Gasteiger partial charge on any atom is -0.469 e. The van der Waals surface area contributed by atoms with Crippen LogP contribution in [0.3, 0.4) is 0 Å². The average Bonchev–Trinajstić information content (AvgIpc) is 2.29. The molecular weight excluding hydrogens is 190 g/mol. The second kappa shape index (κ2) is 6.11. The van der Waals surface area contributed by atoms with Crippen LogP contribution in [0.4, 0.5) is 0 Å². The van der Waals surface area contributed by atoms with Crippen LogP contribution in [0.15, 0.2) is 0 Å². The maximum absolute atomic E-state index is 11.3. The van der Waals surface area contributed by atoms with Crippen LogP contribution in [0.2, 0.25) is 0 Å². The highest BCUT2D eigenvalue weighted by Gasteiger charge is 2.23. The smallest absolute Gasteiger partial charge is 0.308 e. The van der Waals surface area contributed by atoms with E-state index in [4.69, 9.17) is 4.74 Å². The predicted molar refractivity (Wildman–Crippen MR) is 60.6 cm³/mol. The zero-order valence-electron chi connectivity index (χ0n) is 10.2. The first-order chi connectivity index (χ1) is 7.17.